The lowest BCUT2D eigenvalue weighted by Gasteiger charge is -2.06. The smallest absolute Gasteiger partial charge is 0.0301 e. The minimum Gasteiger partial charge on any atom is -0.324 e. The normalized spacial score (nSPS) is 21.1. The second-order valence-electron chi connectivity index (χ2n) is 3.10. The first-order valence-electron chi connectivity index (χ1n) is 3.92. The molecule has 0 heterocycles. The van der Waals surface area contributed by atoms with Gasteiger partial charge in [0, 0.05) is 15.0 Å². The van der Waals surface area contributed by atoms with Crippen LogP contribution in [0.15, 0.2) is 21.1 Å². The molecule has 1 nitrogen and oxygen atoms in total. The molecule has 0 spiro atoms. The lowest BCUT2D eigenvalue weighted by atomic mass is 10.1. The van der Waals surface area contributed by atoms with Gasteiger partial charge in [0.1, 0.15) is 0 Å². The van der Waals surface area contributed by atoms with E-state index in [0.717, 1.165) is 17.3 Å². The Bertz CT molecular complexity index is 323. The predicted octanol–water partition coefficient (Wildman–Crippen LogP) is 3.16. The minimum atomic E-state index is 0.230. The van der Waals surface area contributed by atoms with E-state index < -0.39 is 0 Å². The van der Waals surface area contributed by atoms with E-state index in [4.69, 9.17) is 5.73 Å². The largest absolute Gasteiger partial charge is 0.324 e. The lowest BCUT2D eigenvalue weighted by Crippen LogP contribution is -2.04. The highest BCUT2D eigenvalue weighted by atomic mass is 79.9. The van der Waals surface area contributed by atoms with E-state index in [9.17, 15) is 0 Å². The molecular weight excluding hydrogens is 282 g/mol. The Morgan fingerprint density at radius 1 is 1.33 bits per heavy atom. The van der Waals surface area contributed by atoms with E-state index in [1.54, 1.807) is 0 Å². The summed E-state index contributed by atoms with van der Waals surface area (Å²) in [7, 11) is 0. The molecule has 0 radical (unpaired) electrons. The average molecular weight is 291 g/mol. The van der Waals surface area contributed by atoms with Crippen molar-refractivity contribution in [3.63, 3.8) is 0 Å². The van der Waals surface area contributed by atoms with E-state index in [1.807, 2.05) is 0 Å². The maximum Gasteiger partial charge on any atom is 0.0301 e. The van der Waals surface area contributed by atoms with Gasteiger partial charge in [-0.2, -0.15) is 0 Å². The summed E-state index contributed by atoms with van der Waals surface area (Å²) >= 11 is 7.00. The predicted molar refractivity (Wildman–Crippen MR) is 57.1 cm³/mol. The molecule has 0 aromatic heterocycles. The molecule has 1 atom stereocenters. The van der Waals surface area contributed by atoms with Gasteiger partial charge in [-0.1, -0.05) is 31.9 Å². The van der Waals surface area contributed by atoms with Crippen LogP contribution in [0, 0.1) is 0 Å². The maximum absolute atomic E-state index is 5.94. The molecule has 1 aliphatic rings. The zero-order valence-electron chi connectivity index (χ0n) is 6.48. The maximum atomic E-state index is 5.94. The Morgan fingerprint density at radius 3 is 2.83 bits per heavy atom. The first-order valence-corrected chi connectivity index (χ1v) is 5.50. The summed E-state index contributed by atoms with van der Waals surface area (Å²) in [4.78, 5) is 0. The topological polar surface area (TPSA) is 26.0 Å². The number of halogens is 2. The van der Waals surface area contributed by atoms with Gasteiger partial charge >= 0.3 is 0 Å². The van der Waals surface area contributed by atoms with Crippen molar-refractivity contribution in [2.24, 2.45) is 5.73 Å². The van der Waals surface area contributed by atoms with E-state index in [2.05, 4.69) is 44.0 Å². The van der Waals surface area contributed by atoms with Crippen LogP contribution in [0.5, 0.6) is 0 Å². The third-order valence-electron chi connectivity index (χ3n) is 2.30. The highest BCUT2D eigenvalue weighted by molar-refractivity contribution is 9.11. The van der Waals surface area contributed by atoms with E-state index in [-0.39, 0.29) is 6.04 Å². The molecule has 2 rings (SSSR count). The molecule has 3 heteroatoms. The quantitative estimate of drug-likeness (QED) is 0.780. The third-order valence-corrected chi connectivity index (χ3v) is 3.46. The van der Waals surface area contributed by atoms with Gasteiger partial charge in [-0.3, -0.25) is 0 Å². The monoisotopic (exact) mass is 289 g/mol. The molecule has 0 aliphatic heterocycles. The number of nitrogens with two attached hydrogens (primary N) is 1. The Kier molecular flexibility index (Phi) is 2.27. The van der Waals surface area contributed by atoms with Gasteiger partial charge in [0.15, 0.2) is 0 Å². The molecule has 1 aliphatic carbocycles. The van der Waals surface area contributed by atoms with Crippen molar-refractivity contribution in [1.82, 2.24) is 0 Å². The van der Waals surface area contributed by atoms with Gasteiger partial charge in [-0.25, -0.2) is 0 Å². The Morgan fingerprint density at radius 2 is 2.08 bits per heavy atom. The summed E-state index contributed by atoms with van der Waals surface area (Å²) in [5, 5.41) is 0. The summed E-state index contributed by atoms with van der Waals surface area (Å²) in [5.74, 6) is 0. The second kappa shape index (κ2) is 3.13. The summed E-state index contributed by atoms with van der Waals surface area (Å²) < 4.78 is 2.28. The van der Waals surface area contributed by atoms with Crippen LogP contribution in [0.2, 0.25) is 0 Å². The Labute approximate surface area is 88.6 Å². The van der Waals surface area contributed by atoms with Gasteiger partial charge < -0.3 is 5.73 Å². The summed E-state index contributed by atoms with van der Waals surface area (Å²) in [5.41, 5.74) is 8.61. The summed E-state index contributed by atoms with van der Waals surface area (Å²) in [6.07, 6.45) is 2.18. The number of fused-ring (bicyclic) bond motifs is 1. The number of benzene rings is 1. The van der Waals surface area contributed by atoms with E-state index in [1.165, 1.54) is 15.6 Å². The van der Waals surface area contributed by atoms with Crippen molar-refractivity contribution >= 4 is 31.9 Å². The summed E-state index contributed by atoms with van der Waals surface area (Å²) in [6, 6.07) is 4.43. The van der Waals surface area contributed by atoms with Crippen molar-refractivity contribution < 1.29 is 0 Å². The zero-order valence-corrected chi connectivity index (χ0v) is 9.65. The van der Waals surface area contributed by atoms with Crippen molar-refractivity contribution in [2.75, 3.05) is 0 Å². The van der Waals surface area contributed by atoms with Crippen molar-refractivity contribution in [1.29, 1.82) is 0 Å². The molecule has 0 fully saturated rings. The Hall–Kier alpha value is 0.140. The molecule has 2 N–H and O–H groups in total. The van der Waals surface area contributed by atoms with Crippen LogP contribution in [0.3, 0.4) is 0 Å². The molecule has 0 unspecified atom stereocenters. The number of rotatable bonds is 0. The standard InChI is InChI=1S/C9H9Br2N/c10-5-3-7-6(8(11)4-5)1-2-9(7)12/h3-4,9H,1-2,12H2/t9-/m1/s1. The number of hydrogen-bond donors (Lipinski definition) is 1. The second-order valence-corrected chi connectivity index (χ2v) is 4.87. The van der Waals surface area contributed by atoms with Gasteiger partial charge in [-0.15, -0.1) is 0 Å². The zero-order chi connectivity index (χ0) is 8.72. The van der Waals surface area contributed by atoms with Crippen LogP contribution in [0.4, 0.5) is 0 Å². The third kappa shape index (κ3) is 1.34. The van der Waals surface area contributed by atoms with Gasteiger partial charge in [-0.05, 0) is 36.1 Å². The van der Waals surface area contributed by atoms with Crippen LogP contribution in [0.25, 0.3) is 0 Å². The van der Waals surface area contributed by atoms with Crippen LogP contribution >= 0.6 is 31.9 Å². The number of hydrogen-bond acceptors (Lipinski definition) is 1. The molecular formula is C9H9Br2N. The highest BCUT2D eigenvalue weighted by Gasteiger charge is 2.21. The van der Waals surface area contributed by atoms with Gasteiger partial charge in [0.2, 0.25) is 0 Å². The first-order chi connectivity index (χ1) is 5.68. The molecule has 0 saturated carbocycles. The molecule has 0 amide bonds. The van der Waals surface area contributed by atoms with Gasteiger partial charge in [0.25, 0.3) is 0 Å². The summed E-state index contributed by atoms with van der Waals surface area (Å²) in [6.45, 7) is 0. The molecule has 64 valence electrons. The Balaban J connectivity index is 2.60. The van der Waals surface area contributed by atoms with Crippen molar-refractivity contribution in [3.05, 3.63) is 32.2 Å². The van der Waals surface area contributed by atoms with E-state index >= 15 is 0 Å². The molecule has 1 aromatic rings. The van der Waals surface area contributed by atoms with Crippen molar-refractivity contribution in [3.8, 4) is 0 Å². The van der Waals surface area contributed by atoms with Crippen molar-refractivity contribution in [2.45, 2.75) is 18.9 Å². The fourth-order valence-electron chi connectivity index (χ4n) is 1.67. The van der Waals surface area contributed by atoms with Crippen LogP contribution in [-0.4, -0.2) is 0 Å². The average Bonchev–Trinajstić information content (AvgIpc) is 2.33. The van der Waals surface area contributed by atoms with Crippen LogP contribution in [0.1, 0.15) is 23.6 Å². The molecule has 0 saturated heterocycles. The van der Waals surface area contributed by atoms with Crippen LogP contribution in [-0.2, 0) is 6.42 Å². The molecule has 12 heavy (non-hydrogen) atoms. The highest BCUT2D eigenvalue weighted by Crippen LogP contribution is 2.36. The van der Waals surface area contributed by atoms with Gasteiger partial charge in [0.05, 0.1) is 0 Å². The lowest BCUT2D eigenvalue weighted by molar-refractivity contribution is 0.713. The molecule has 0 bridgehead atoms. The fourth-order valence-corrected chi connectivity index (χ4v) is 3.13. The molecule has 1 aromatic carbocycles. The fraction of sp³-hybridized carbons (Fsp3) is 0.333. The SMILES string of the molecule is N[C@@H]1CCc2c(Br)cc(Br)cc21. The minimum absolute atomic E-state index is 0.230. The van der Waals surface area contributed by atoms with E-state index in [0.29, 0.717) is 0 Å². The first kappa shape index (κ1) is 8.73. The van der Waals surface area contributed by atoms with Crippen LogP contribution < -0.4 is 5.73 Å².